The number of hydrogen-bond acceptors (Lipinski definition) is 3. The third-order valence-electron chi connectivity index (χ3n) is 3.00. The molecule has 0 spiro atoms. The SMILES string of the molecule is Cc1cc(N)ccc1NC(=O)C(C)Sc1ccc(F)cc1. The molecule has 0 aliphatic heterocycles. The highest BCUT2D eigenvalue weighted by atomic mass is 32.2. The number of carbonyl (C=O) groups excluding carboxylic acids is 1. The second kappa shape index (κ2) is 6.63. The fourth-order valence-electron chi connectivity index (χ4n) is 1.83. The van der Waals surface area contributed by atoms with Gasteiger partial charge in [-0.1, -0.05) is 0 Å². The third-order valence-corrected chi connectivity index (χ3v) is 4.12. The number of aryl methyl sites for hydroxylation is 1. The highest BCUT2D eigenvalue weighted by Crippen LogP contribution is 2.25. The molecule has 3 N–H and O–H groups in total. The van der Waals surface area contributed by atoms with E-state index < -0.39 is 0 Å². The third kappa shape index (κ3) is 4.23. The van der Waals surface area contributed by atoms with Crippen molar-refractivity contribution in [1.82, 2.24) is 0 Å². The summed E-state index contributed by atoms with van der Waals surface area (Å²) in [6.45, 7) is 3.71. The maximum absolute atomic E-state index is 12.8. The van der Waals surface area contributed by atoms with E-state index in [1.165, 1.54) is 23.9 Å². The predicted molar refractivity (Wildman–Crippen MR) is 85.9 cm³/mol. The Labute approximate surface area is 127 Å². The van der Waals surface area contributed by atoms with Gasteiger partial charge in [-0.15, -0.1) is 11.8 Å². The van der Waals surface area contributed by atoms with E-state index in [-0.39, 0.29) is 17.0 Å². The van der Waals surface area contributed by atoms with E-state index in [1.807, 2.05) is 19.9 Å². The molecule has 0 saturated heterocycles. The van der Waals surface area contributed by atoms with Crippen LogP contribution < -0.4 is 11.1 Å². The van der Waals surface area contributed by atoms with Crippen molar-refractivity contribution in [3.8, 4) is 0 Å². The van der Waals surface area contributed by atoms with E-state index in [0.717, 1.165) is 16.1 Å². The van der Waals surface area contributed by atoms with Crippen molar-refractivity contribution in [3.63, 3.8) is 0 Å². The van der Waals surface area contributed by atoms with Gasteiger partial charge < -0.3 is 11.1 Å². The molecule has 0 saturated carbocycles. The van der Waals surface area contributed by atoms with Gasteiger partial charge in [-0.05, 0) is 61.9 Å². The van der Waals surface area contributed by atoms with Crippen molar-refractivity contribution in [2.24, 2.45) is 0 Å². The molecule has 0 fully saturated rings. The van der Waals surface area contributed by atoms with Crippen molar-refractivity contribution >= 4 is 29.0 Å². The molecule has 0 aliphatic carbocycles. The summed E-state index contributed by atoms with van der Waals surface area (Å²) in [4.78, 5) is 13.0. The molecule has 0 aliphatic rings. The Hall–Kier alpha value is -2.01. The van der Waals surface area contributed by atoms with E-state index in [4.69, 9.17) is 5.73 Å². The number of amides is 1. The zero-order valence-electron chi connectivity index (χ0n) is 11.9. The Morgan fingerprint density at radius 2 is 1.90 bits per heavy atom. The van der Waals surface area contributed by atoms with Crippen LogP contribution in [0.3, 0.4) is 0 Å². The molecule has 2 aromatic rings. The average Bonchev–Trinajstić information content (AvgIpc) is 2.44. The van der Waals surface area contributed by atoms with E-state index in [0.29, 0.717) is 5.69 Å². The smallest absolute Gasteiger partial charge is 0.237 e. The Bertz CT molecular complexity index is 643. The number of nitrogens with one attached hydrogen (secondary N) is 1. The Kier molecular flexibility index (Phi) is 4.85. The van der Waals surface area contributed by atoms with Crippen LogP contribution in [0.1, 0.15) is 12.5 Å². The van der Waals surface area contributed by atoms with Crippen LogP contribution in [-0.2, 0) is 4.79 Å². The molecular formula is C16H17FN2OS. The van der Waals surface area contributed by atoms with Crippen LogP contribution in [0, 0.1) is 12.7 Å². The summed E-state index contributed by atoms with van der Waals surface area (Å²) in [6, 6.07) is 11.5. The number of hydrogen-bond donors (Lipinski definition) is 2. The topological polar surface area (TPSA) is 55.1 Å². The summed E-state index contributed by atoms with van der Waals surface area (Å²) in [6.07, 6.45) is 0. The van der Waals surface area contributed by atoms with Crippen LogP contribution in [0.2, 0.25) is 0 Å². The Morgan fingerprint density at radius 3 is 2.52 bits per heavy atom. The minimum Gasteiger partial charge on any atom is -0.399 e. The van der Waals surface area contributed by atoms with Crippen LogP contribution in [0.5, 0.6) is 0 Å². The lowest BCUT2D eigenvalue weighted by molar-refractivity contribution is -0.115. The maximum atomic E-state index is 12.8. The van der Waals surface area contributed by atoms with Gasteiger partial charge in [0.15, 0.2) is 0 Å². The molecule has 0 aromatic heterocycles. The molecule has 1 atom stereocenters. The molecule has 1 unspecified atom stereocenters. The molecular weight excluding hydrogens is 287 g/mol. The van der Waals surface area contributed by atoms with Gasteiger partial charge in [0.05, 0.1) is 5.25 Å². The number of anilines is 2. The summed E-state index contributed by atoms with van der Waals surface area (Å²) in [5, 5.41) is 2.59. The molecule has 5 heteroatoms. The zero-order valence-corrected chi connectivity index (χ0v) is 12.7. The number of nitrogens with two attached hydrogens (primary N) is 1. The standard InChI is InChI=1S/C16H17FN2OS/c1-10-9-13(18)5-8-15(10)19-16(20)11(2)21-14-6-3-12(17)4-7-14/h3-9,11H,18H2,1-2H3,(H,19,20). The number of nitrogen functional groups attached to an aromatic ring is 1. The van der Waals surface area contributed by atoms with E-state index in [9.17, 15) is 9.18 Å². The summed E-state index contributed by atoms with van der Waals surface area (Å²) in [5.74, 6) is -0.383. The van der Waals surface area contributed by atoms with Crippen molar-refractivity contribution < 1.29 is 9.18 Å². The van der Waals surface area contributed by atoms with Gasteiger partial charge in [-0.25, -0.2) is 4.39 Å². The van der Waals surface area contributed by atoms with Crippen molar-refractivity contribution in [2.45, 2.75) is 24.0 Å². The van der Waals surface area contributed by atoms with Gasteiger partial charge in [0.1, 0.15) is 5.82 Å². The summed E-state index contributed by atoms with van der Waals surface area (Å²) in [5.41, 5.74) is 8.02. The number of thioether (sulfide) groups is 1. The predicted octanol–water partition coefficient (Wildman–Crippen LogP) is 3.84. The summed E-state index contributed by atoms with van der Waals surface area (Å²) in [7, 11) is 0. The maximum Gasteiger partial charge on any atom is 0.237 e. The first kappa shape index (κ1) is 15.4. The van der Waals surface area contributed by atoms with E-state index in [1.54, 1.807) is 24.3 Å². The highest BCUT2D eigenvalue weighted by molar-refractivity contribution is 8.00. The molecule has 1 amide bonds. The first-order valence-corrected chi connectivity index (χ1v) is 7.43. The van der Waals surface area contributed by atoms with Crippen molar-refractivity contribution in [1.29, 1.82) is 0 Å². The van der Waals surface area contributed by atoms with Crippen LogP contribution in [0.15, 0.2) is 47.4 Å². The first-order chi connectivity index (χ1) is 9.95. The quantitative estimate of drug-likeness (QED) is 0.666. The van der Waals surface area contributed by atoms with Gasteiger partial charge in [-0.2, -0.15) is 0 Å². The number of halogens is 1. The largest absolute Gasteiger partial charge is 0.399 e. The van der Waals surface area contributed by atoms with Gasteiger partial charge in [0, 0.05) is 16.3 Å². The van der Waals surface area contributed by atoms with Gasteiger partial charge in [0.25, 0.3) is 0 Å². The number of benzene rings is 2. The second-order valence-corrected chi connectivity index (χ2v) is 6.19. The molecule has 110 valence electrons. The monoisotopic (exact) mass is 304 g/mol. The van der Waals surface area contributed by atoms with Crippen LogP contribution in [0.4, 0.5) is 15.8 Å². The summed E-state index contributed by atoms with van der Waals surface area (Å²) < 4.78 is 12.8. The molecule has 2 aromatic carbocycles. The fourth-order valence-corrected chi connectivity index (χ4v) is 2.70. The van der Waals surface area contributed by atoms with E-state index >= 15 is 0 Å². The molecule has 0 bridgehead atoms. The molecule has 3 nitrogen and oxygen atoms in total. The first-order valence-electron chi connectivity index (χ1n) is 6.55. The second-order valence-electron chi connectivity index (χ2n) is 4.78. The number of rotatable bonds is 4. The van der Waals surface area contributed by atoms with Crippen LogP contribution in [0.25, 0.3) is 0 Å². The Morgan fingerprint density at radius 1 is 1.24 bits per heavy atom. The normalized spacial score (nSPS) is 12.0. The molecule has 21 heavy (non-hydrogen) atoms. The van der Waals surface area contributed by atoms with E-state index in [2.05, 4.69) is 5.32 Å². The highest BCUT2D eigenvalue weighted by Gasteiger charge is 2.15. The van der Waals surface area contributed by atoms with Crippen molar-refractivity contribution in [2.75, 3.05) is 11.1 Å². The molecule has 2 rings (SSSR count). The van der Waals surface area contributed by atoms with Crippen LogP contribution >= 0.6 is 11.8 Å². The molecule has 0 heterocycles. The Balaban J connectivity index is 2.00. The minimum absolute atomic E-state index is 0.0998. The van der Waals surface area contributed by atoms with Gasteiger partial charge >= 0.3 is 0 Å². The lowest BCUT2D eigenvalue weighted by Crippen LogP contribution is -2.22. The zero-order chi connectivity index (χ0) is 15.4. The lowest BCUT2D eigenvalue weighted by atomic mass is 10.2. The van der Waals surface area contributed by atoms with Crippen molar-refractivity contribution in [3.05, 3.63) is 53.8 Å². The summed E-state index contributed by atoms with van der Waals surface area (Å²) >= 11 is 1.39. The fraction of sp³-hybridized carbons (Fsp3) is 0.188. The van der Waals surface area contributed by atoms with Crippen LogP contribution in [-0.4, -0.2) is 11.2 Å². The molecule has 0 radical (unpaired) electrons. The minimum atomic E-state index is -0.285. The lowest BCUT2D eigenvalue weighted by Gasteiger charge is -2.14. The van der Waals surface area contributed by atoms with Gasteiger partial charge in [-0.3, -0.25) is 4.79 Å². The number of carbonyl (C=O) groups is 1. The van der Waals surface area contributed by atoms with Gasteiger partial charge in [0.2, 0.25) is 5.91 Å². The average molecular weight is 304 g/mol.